The summed E-state index contributed by atoms with van der Waals surface area (Å²) in [5.74, 6) is 0.130. The molecule has 4 fully saturated rings. The summed E-state index contributed by atoms with van der Waals surface area (Å²) in [5, 5.41) is 10.9. The van der Waals surface area contributed by atoms with Crippen LogP contribution in [0.5, 0.6) is 0 Å². The van der Waals surface area contributed by atoms with Crippen molar-refractivity contribution in [2.45, 2.75) is 78.6 Å². The second-order valence-corrected chi connectivity index (χ2v) is 10.8. The molecule has 160 valence electrons. The van der Waals surface area contributed by atoms with Crippen molar-refractivity contribution in [3.05, 3.63) is 0 Å². The number of Topliss-reactive ketones (excluding diaryl/α,β-unsaturated/α-hetero) is 3. The predicted octanol–water partition coefficient (Wildman–Crippen LogP) is -0.257. The fraction of sp³-hybridized carbons (Fsp3) is 0.833. The van der Waals surface area contributed by atoms with Gasteiger partial charge in [0.25, 0.3) is 0 Å². The van der Waals surface area contributed by atoms with Gasteiger partial charge in [-0.3, -0.25) is 14.4 Å². The summed E-state index contributed by atoms with van der Waals surface area (Å²) < 4.78 is 0. The zero-order valence-electron chi connectivity index (χ0n) is 18.9. The fourth-order valence-corrected chi connectivity index (χ4v) is 7.94. The molecule has 0 aliphatic heterocycles. The molecule has 0 saturated heterocycles. The minimum absolute atomic E-state index is 0. The molecule has 0 unspecified atom stereocenters. The molecule has 0 aromatic heterocycles. The molecule has 4 saturated carbocycles. The maximum Gasteiger partial charge on any atom is 1.00 e. The van der Waals surface area contributed by atoms with E-state index >= 15 is 0 Å². The maximum atomic E-state index is 13.6. The minimum atomic E-state index is -1.04. The van der Waals surface area contributed by atoms with Gasteiger partial charge in [0.15, 0.2) is 0 Å². The largest absolute Gasteiger partial charge is 1.00 e. The molecule has 0 aromatic carbocycles. The van der Waals surface area contributed by atoms with Crippen LogP contribution in [0.25, 0.3) is 0 Å². The number of carboxylic acid groups (broad SMARTS) is 1. The van der Waals surface area contributed by atoms with Crippen LogP contribution < -0.4 is 34.7 Å². The molecule has 30 heavy (non-hydrogen) atoms. The zero-order valence-corrected chi connectivity index (χ0v) is 20.9. The van der Waals surface area contributed by atoms with Gasteiger partial charge in [-0.1, -0.05) is 20.8 Å². The van der Waals surface area contributed by atoms with Crippen LogP contribution in [0.1, 0.15) is 78.6 Å². The Morgan fingerprint density at radius 1 is 1.10 bits per heavy atom. The minimum Gasteiger partial charge on any atom is -0.550 e. The standard InChI is InChI=1S/C24H34O5.Na/c1-13(4-7-21(28)29)16-5-6-17-22-18(12-20(27)24(16,17)3)23(2)9-8-15(25)10-14(23)11-19(22)26;/h13-14,16-18,22H,4-12H2,1-3H3,(H,28,29);/q;+1/p-1/t13-,14+,16-,17+,18+,22+,23+,24-;/m1./s1. The average molecular weight is 425 g/mol. The van der Waals surface area contributed by atoms with Gasteiger partial charge in [0.1, 0.15) is 17.3 Å². The van der Waals surface area contributed by atoms with Gasteiger partial charge in [0, 0.05) is 43.0 Å². The molecule has 5 nitrogen and oxygen atoms in total. The van der Waals surface area contributed by atoms with Crippen LogP contribution >= 0.6 is 0 Å². The summed E-state index contributed by atoms with van der Waals surface area (Å²) in [7, 11) is 0. The molecular formula is C24H33NaO5. The number of ketones is 3. The molecule has 4 aliphatic rings. The normalized spacial score (nSPS) is 43.8. The van der Waals surface area contributed by atoms with Crippen LogP contribution in [-0.2, 0) is 19.2 Å². The Bertz CT molecular complexity index is 763. The smallest absolute Gasteiger partial charge is 0.550 e. The molecule has 0 heterocycles. The van der Waals surface area contributed by atoms with Crippen molar-refractivity contribution in [2.24, 2.45) is 46.3 Å². The monoisotopic (exact) mass is 424 g/mol. The van der Waals surface area contributed by atoms with E-state index in [1.54, 1.807) is 0 Å². The molecule has 0 amide bonds. The van der Waals surface area contributed by atoms with Crippen molar-refractivity contribution < 1.29 is 53.8 Å². The van der Waals surface area contributed by atoms with Crippen molar-refractivity contribution in [1.29, 1.82) is 0 Å². The van der Waals surface area contributed by atoms with Gasteiger partial charge in [-0.05, 0) is 67.1 Å². The fourth-order valence-electron chi connectivity index (χ4n) is 7.94. The summed E-state index contributed by atoms with van der Waals surface area (Å²) in [6.45, 7) is 6.32. The van der Waals surface area contributed by atoms with Crippen LogP contribution in [0.15, 0.2) is 0 Å². The second-order valence-electron chi connectivity index (χ2n) is 10.8. The summed E-state index contributed by atoms with van der Waals surface area (Å²) in [5.41, 5.74) is -0.627. The molecule has 0 spiro atoms. The molecule has 4 rings (SSSR count). The van der Waals surface area contributed by atoms with E-state index in [9.17, 15) is 24.3 Å². The third kappa shape index (κ3) is 3.57. The van der Waals surface area contributed by atoms with Crippen LogP contribution in [0, 0.1) is 46.3 Å². The zero-order chi connectivity index (χ0) is 21.1. The summed E-state index contributed by atoms with van der Waals surface area (Å²) in [4.78, 5) is 49.8. The van der Waals surface area contributed by atoms with E-state index in [-0.39, 0.29) is 94.3 Å². The Morgan fingerprint density at radius 2 is 1.80 bits per heavy atom. The van der Waals surface area contributed by atoms with Gasteiger partial charge < -0.3 is 9.90 Å². The molecule has 0 N–H and O–H groups in total. The van der Waals surface area contributed by atoms with E-state index in [0.29, 0.717) is 32.1 Å². The molecular weight excluding hydrogens is 391 g/mol. The van der Waals surface area contributed by atoms with Gasteiger partial charge in [-0.2, -0.15) is 0 Å². The number of rotatable bonds is 4. The van der Waals surface area contributed by atoms with E-state index < -0.39 is 11.4 Å². The molecule has 8 atom stereocenters. The average Bonchev–Trinajstić information content (AvgIpc) is 3.01. The quantitative estimate of drug-likeness (QED) is 0.580. The number of carbonyl (C=O) groups excluding carboxylic acids is 4. The second kappa shape index (κ2) is 8.44. The van der Waals surface area contributed by atoms with Crippen LogP contribution in [-0.4, -0.2) is 23.3 Å². The van der Waals surface area contributed by atoms with Crippen LogP contribution in [0.3, 0.4) is 0 Å². The van der Waals surface area contributed by atoms with Gasteiger partial charge in [0.2, 0.25) is 0 Å². The number of carboxylic acids is 1. The molecule has 4 aliphatic carbocycles. The van der Waals surface area contributed by atoms with Crippen molar-refractivity contribution in [2.75, 3.05) is 0 Å². The third-order valence-electron chi connectivity index (χ3n) is 9.71. The predicted molar refractivity (Wildman–Crippen MR) is 104 cm³/mol. The molecule has 0 aromatic rings. The van der Waals surface area contributed by atoms with Crippen molar-refractivity contribution in [1.82, 2.24) is 0 Å². The van der Waals surface area contributed by atoms with E-state index in [4.69, 9.17) is 0 Å². The molecule has 0 radical (unpaired) electrons. The number of aliphatic carboxylic acids is 1. The van der Waals surface area contributed by atoms with E-state index in [1.807, 2.05) is 6.92 Å². The number of fused-ring (bicyclic) bond motifs is 5. The first-order chi connectivity index (χ1) is 13.6. The molecule has 6 heteroatoms. The summed E-state index contributed by atoms with van der Waals surface area (Å²) >= 11 is 0. The Balaban J connectivity index is 0.00000256. The number of carbonyl (C=O) groups is 4. The van der Waals surface area contributed by atoms with Crippen LogP contribution in [0.2, 0.25) is 0 Å². The Labute approximate surface area is 201 Å². The summed E-state index contributed by atoms with van der Waals surface area (Å²) in [6.07, 6.45) is 5.08. The Hall–Kier alpha value is -0.520. The number of hydrogen-bond donors (Lipinski definition) is 0. The Morgan fingerprint density at radius 3 is 2.47 bits per heavy atom. The van der Waals surface area contributed by atoms with Crippen molar-refractivity contribution >= 4 is 23.3 Å². The van der Waals surface area contributed by atoms with Gasteiger partial charge in [-0.15, -0.1) is 0 Å². The van der Waals surface area contributed by atoms with E-state index in [0.717, 1.165) is 19.3 Å². The molecule has 0 bridgehead atoms. The maximum absolute atomic E-state index is 13.6. The SMILES string of the molecule is C[C@H](CCC(=O)[O-])[C@H]1CC[C@H]2[C@@H]3C(=O)C[C@@H]4CC(=O)CC[C@]4(C)[C@H]3CC(=O)[C@]12C.[Na+]. The Kier molecular flexibility index (Phi) is 6.79. The first-order valence-electron chi connectivity index (χ1n) is 11.4. The van der Waals surface area contributed by atoms with E-state index in [2.05, 4.69) is 13.8 Å². The van der Waals surface area contributed by atoms with E-state index in [1.165, 1.54) is 0 Å². The van der Waals surface area contributed by atoms with Crippen molar-refractivity contribution in [3.63, 3.8) is 0 Å². The summed E-state index contributed by atoms with van der Waals surface area (Å²) in [6, 6.07) is 0. The number of hydrogen-bond acceptors (Lipinski definition) is 5. The van der Waals surface area contributed by atoms with Gasteiger partial charge in [-0.25, -0.2) is 0 Å². The van der Waals surface area contributed by atoms with Gasteiger partial charge >= 0.3 is 29.6 Å². The first kappa shape index (κ1) is 24.1. The van der Waals surface area contributed by atoms with Gasteiger partial charge in [0.05, 0.1) is 0 Å². The van der Waals surface area contributed by atoms with Crippen LogP contribution in [0.4, 0.5) is 0 Å². The van der Waals surface area contributed by atoms with Crippen molar-refractivity contribution in [3.8, 4) is 0 Å². The topological polar surface area (TPSA) is 91.3 Å². The third-order valence-corrected chi connectivity index (χ3v) is 9.71. The first-order valence-corrected chi connectivity index (χ1v) is 11.4.